The van der Waals surface area contributed by atoms with Crippen LogP contribution in [0.5, 0.6) is 5.75 Å². The average molecular weight is 470 g/mol. The molecule has 5 rings (SSSR count). The second kappa shape index (κ2) is 8.18. The minimum Gasteiger partial charge on any atom is -0.486 e. The average Bonchev–Trinajstić information content (AvgIpc) is 2.76. The first-order chi connectivity index (χ1) is 16.2. The molecule has 2 amide bonds. The van der Waals surface area contributed by atoms with E-state index in [-0.39, 0.29) is 17.6 Å². The van der Waals surface area contributed by atoms with E-state index in [0.717, 1.165) is 42.6 Å². The van der Waals surface area contributed by atoms with Gasteiger partial charge in [0.2, 0.25) is 11.8 Å². The van der Waals surface area contributed by atoms with Crippen LogP contribution in [0.25, 0.3) is 5.57 Å². The lowest BCUT2D eigenvalue weighted by Crippen LogP contribution is -2.45. The SMILES string of the molecule is CCN1C(=O)CCc2ccc(NC(=O)/C=C3\CC4(CCC4)Oc4cc(C(F)(F)F)ccc43)cc21. The molecule has 1 N–H and O–H groups in total. The van der Waals surface area contributed by atoms with Gasteiger partial charge in [-0.05, 0) is 68.0 Å². The number of halogens is 3. The molecule has 1 spiro atoms. The fourth-order valence-corrected chi connectivity index (χ4v) is 5.04. The van der Waals surface area contributed by atoms with Crippen molar-refractivity contribution in [2.24, 2.45) is 0 Å². The van der Waals surface area contributed by atoms with Crippen LogP contribution in [0.4, 0.5) is 24.5 Å². The number of anilines is 2. The first-order valence-electron chi connectivity index (χ1n) is 11.5. The van der Waals surface area contributed by atoms with Gasteiger partial charge in [0.25, 0.3) is 0 Å². The van der Waals surface area contributed by atoms with Crippen LogP contribution in [0, 0.1) is 0 Å². The topological polar surface area (TPSA) is 58.6 Å². The Balaban J connectivity index is 1.43. The van der Waals surface area contributed by atoms with Crippen molar-refractivity contribution in [3.05, 3.63) is 59.2 Å². The van der Waals surface area contributed by atoms with E-state index >= 15 is 0 Å². The zero-order chi connectivity index (χ0) is 24.1. The summed E-state index contributed by atoms with van der Waals surface area (Å²) in [6, 6.07) is 8.95. The summed E-state index contributed by atoms with van der Waals surface area (Å²) < 4.78 is 45.7. The Morgan fingerprint density at radius 2 is 1.97 bits per heavy atom. The summed E-state index contributed by atoms with van der Waals surface area (Å²) in [5, 5.41) is 2.85. The number of carbonyl (C=O) groups excluding carboxylic acids is 2. The summed E-state index contributed by atoms with van der Waals surface area (Å²) in [6.07, 6.45) is 1.03. The molecule has 2 heterocycles. The molecule has 1 saturated carbocycles. The van der Waals surface area contributed by atoms with E-state index in [4.69, 9.17) is 4.74 Å². The number of rotatable bonds is 3. The summed E-state index contributed by atoms with van der Waals surface area (Å²) in [6.45, 7) is 2.46. The number of nitrogens with one attached hydrogen (secondary N) is 1. The Morgan fingerprint density at radius 3 is 2.65 bits per heavy atom. The molecule has 0 radical (unpaired) electrons. The molecule has 2 aliphatic heterocycles. The second-order valence-corrected chi connectivity index (χ2v) is 9.16. The quantitative estimate of drug-likeness (QED) is 0.583. The van der Waals surface area contributed by atoms with E-state index in [1.807, 2.05) is 13.0 Å². The Bertz CT molecular complexity index is 1200. The number of hydrogen-bond acceptors (Lipinski definition) is 3. The Labute approximate surface area is 195 Å². The van der Waals surface area contributed by atoms with E-state index in [9.17, 15) is 22.8 Å². The minimum atomic E-state index is -4.47. The molecule has 0 bridgehead atoms. The van der Waals surface area contributed by atoms with Crippen molar-refractivity contribution in [1.29, 1.82) is 0 Å². The number of ether oxygens (including phenoxy) is 1. The zero-order valence-corrected chi connectivity index (χ0v) is 18.8. The van der Waals surface area contributed by atoms with Crippen molar-refractivity contribution in [2.75, 3.05) is 16.8 Å². The molecule has 5 nitrogen and oxygen atoms in total. The summed E-state index contributed by atoms with van der Waals surface area (Å²) in [5.74, 6) is -0.142. The number of carbonyl (C=O) groups is 2. The maximum Gasteiger partial charge on any atom is 0.416 e. The van der Waals surface area contributed by atoms with E-state index in [2.05, 4.69) is 5.32 Å². The highest BCUT2D eigenvalue weighted by Crippen LogP contribution is 2.50. The van der Waals surface area contributed by atoms with E-state index in [1.54, 1.807) is 17.0 Å². The summed E-state index contributed by atoms with van der Waals surface area (Å²) in [4.78, 5) is 26.9. The van der Waals surface area contributed by atoms with Gasteiger partial charge >= 0.3 is 6.18 Å². The molecule has 0 saturated heterocycles. The number of aryl methyl sites for hydroxylation is 1. The molecule has 178 valence electrons. The van der Waals surface area contributed by atoms with Crippen molar-refractivity contribution >= 4 is 28.8 Å². The lowest BCUT2D eigenvalue weighted by atomic mass is 9.72. The maximum atomic E-state index is 13.2. The van der Waals surface area contributed by atoms with Gasteiger partial charge in [-0.2, -0.15) is 13.2 Å². The number of amides is 2. The lowest BCUT2D eigenvalue weighted by Gasteiger charge is -2.46. The van der Waals surface area contributed by atoms with E-state index in [1.165, 1.54) is 12.1 Å². The van der Waals surface area contributed by atoms with Gasteiger partial charge in [-0.15, -0.1) is 0 Å². The van der Waals surface area contributed by atoms with Gasteiger partial charge in [0.15, 0.2) is 0 Å². The van der Waals surface area contributed by atoms with Crippen LogP contribution in [0.2, 0.25) is 0 Å². The van der Waals surface area contributed by atoms with Crippen LogP contribution in [0.1, 0.15) is 55.7 Å². The van der Waals surface area contributed by atoms with Gasteiger partial charge in [-0.1, -0.05) is 12.1 Å². The number of nitrogens with zero attached hydrogens (tertiary/aromatic N) is 1. The highest BCUT2D eigenvalue weighted by molar-refractivity contribution is 6.05. The van der Waals surface area contributed by atoms with Crippen molar-refractivity contribution in [3.8, 4) is 5.75 Å². The molecule has 2 aromatic carbocycles. The van der Waals surface area contributed by atoms with Crippen molar-refractivity contribution in [3.63, 3.8) is 0 Å². The highest BCUT2D eigenvalue weighted by atomic mass is 19.4. The molecule has 1 aliphatic carbocycles. The van der Waals surface area contributed by atoms with Crippen LogP contribution in [-0.4, -0.2) is 24.0 Å². The zero-order valence-electron chi connectivity index (χ0n) is 18.8. The molecule has 8 heteroatoms. The largest absolute Gasteiger partial charge is 0.486 e. The first-order valence-corrected chi connectivity index (χ1v) is 11.5. The fourth-order valence-electron chi connectivity index (χ4n) is 5.04. The summed E-state index contributed by atoms with van der Waals surface area (Å²) >= 11 is 0. The highest BCUT2D eigenvalue weighted by Gasteiger charge is 2.44. The number of fused-ring (bicyclic) bond motifs is 2. The van der Waals surface area contributed by atoms with Gasteiger partial charge in [0.1, 0.15) is 11.4 Å². The van der Waals surface area contributed by atoms with Crippen molar-refractivity contribution < 1.29 is 27.5 Å². The van der Waals surface area contributed by atoms with Crippen LogP contribution in [-0.2, 0) is 22.2 Å². The molecule has 3 aliphatic rings. The van der Waals surface area contributed by atoms with Gasteiger partial charge in [-0.3, -0.25) is 9.59 Å². The molecule has 1 fully saturated rings. The third-order valence-electron chi connectivity index (χ3n) is 6.93. The molecular formula is C26H25F3N2O3. The molecule has 0 aromatic heterocycles. The summed E-state index contributed by atoms with van der Waals surface area (Å²) in [7, 11) is 0. The normalized spacial score (nSPS) is 19.8. The number of alkyl halides is 3. The molecule has 2 aromatic rings. The summed E-state index contributed by atoms with van der Waals surface area (Å²) in [5.41, 5.74) is 2.28. The molecule has 34 heavy (non-hydrogen) atoms. The Hall–Kier alpha value is -3.29. The van der Waals surface area contributed by atoms with Crippen LogP contribution in [0.15, 0.2) is 42.5 Å². The first kappa shape index (κ1) is 22.5. The van der Waals surface area contributed by atoms with Crippen LogP contribution >= 0.6 is 0 Å². The van der Waals surface area contributed by atoms with Crippen LogP contribution < -0.4 is 15.0 Å². The predicted octanol–water partition coefficient (Wildman–Crippen LogP) is 5.73. The molecule has 0 atom stereocenters. The fraction of sp³-hybridized carbons (Fsp3) is 0.385. The predicted molar refractivity (Wildman–Crippen MR) is 123 cm³/mol. The van der Waals surface area contributed by atoms with Gasteiger partial charge in [0.05, 0.1) is 5.56 Å². The lowest BCUT2D eigenvalue weighted by molar-refractivity contribution is -0.138. The van der Waals surface area contributed by atoms with Crippen molar-refractivity contribution in [2.45, 2.75) is 57.2 Å². The molecule has 0 unspecified atom stereocenters. The van der Waals surface area contributed by atoms with E-state index < -0.39 is 17.3 Å². The smallest absolute Gasteiger partial charge is 0.416 e. The van der Waals surface area contributed by atoms with Gasteiger partial charge in [0, 0.05) is 42.4 Å². The van der Waals surface area contributed by atoms with Crippen LogP contribution in [0.3, 0.4) is 0 Å². The van der Waals surface area contributed by atoms with Gasteiger partial charge in [-0.25, -0.2) is 0 Å². The van der Waals surface area contributed by atoms with Crippen molar-refractivity contribution in [1.82, 2.24) is 0 Å². The maximum absolute atomic E-state index is 13.2. The third kappa shape index (κ3) is 4.06. The monoisotopic (exact) mass is 470 g/mol. The van der Waals surface area contributed by atoms with E-state index in [0.29, 0.717) is 42.6 Å². The minimum absolute atomic E-state index is 0.0587. The number of hydrogen-bond donors (Lipinski definition) is 1. The second-order valence-electron chi connectivity index (χ2n) is 9.16. The standard InChI is InChI=1S/C26H25F3N2O3/c1-2-31-21-14-19(7-4-16(21)5-9-24(31)33)30-23(32)12-17-15-25(10-3-11-25)34-22-13-18(26(27,28)29)6-8-20(17)22/h4,6-8,12-14H,2-3,5,9-11,15H2,1H3,(H,30,32)/b17-12+. The Kier molecular flexibility index (Phi) is 5.41. The Morgan fingerprint density at radius 1 is 1.18 bits per heavy atom. The number of benzene rings is 2. The third-order valence-corrected chi connectivity index (χ3v) is 6.93. The molecular weight excluding hydrogens is 445 g/mol. The van der Waals surface area contributed by atoms with Gasteiger partial charge < -0.3 is 15.0 Å².